The maximum Gasteiger partial charge on any atom is 0.323 e. The highest BCUT2D eigenvalue weighted by Gasteiger charge is 2.25. The summed E-state index contributed by atoms with van der Waals surface area (Å²) in [5, 5.41) is 25.5. The number of methoxy groups -OCH3 is 2. The van der Waals surface area contributed by atoms with Crippen LogP contribution >= 0.6 is 0 Å². The summed E-state index contributed by atoms with van der Waals surface area (Å²) in [6.45, 7) is 9.51. The van der Waals surface area contributed by atoms with Crippen LogP contribution in [0.4, 0.5) is 33.4 Å². The van der Waals surface area contributed by atoms with Gasteiger partial charge >= 0.3 is 12.0 Å². The highest BCUT2D eigenvalue weighted by Crippen LogP contribution is 2.40. The van der Waals surface area contributed by atoms with E-state index in [2.05, 4.69) is 41.2 Å². The number of rotatable bonds is 19. The molecule has 7 N–H and O–H groups in total. The minimum Gasteiger partial charge on any atom is -0.496 e. The van der Waals surface area contributed by atoms with Crippen LogP contribution in [0, 0.1) is 0 Å². The average molecular weight is 938 g/mol. The number of piperazine rings is 1. The fourth-order valence-electron chi connectivity index (χ4n) is 7.59. The molecule has 4 amide bonds. The van der Waals surface area contributed by atoms with Gasteiger partial charge in [-0.2, -0.15) is 0 Å². The summed E-state index contributed by atoms with van der Waals surface area (Å²) >= 11 is 0. The fourth-order valence-corrected chi connectivity index (χ4v) is 8.05. The van der Waals surface area contributed by atoms with Gasteiger partial charge in [0.15, 0.2) is 5.75 Å². The highest BCUT2D eigenvalue weighted by atomic mass is 32.2. The topological polar surface area (TPSA) is 225 Å². The third kappa shape index (κ3) is 13.1. The molecule has 2 heterocycles. The van der Waals surface area contributed by atoms with E-state index in [1.807, 2.05) is 57.2 Å². The number of nitrogens with zero attached hydrogens (tertiary/aromatic N) is 3. The first-order chi connectivity index (χ1) is 32.1. The summed E-state index contributed by atoms with van der Waals surface area (Å²) in [5.74, 6) is 0.917. The van der Waals surface area contributed by atoms with E-state index in [4.69, 9.17) is 14.2 Å². The van der Waals surface area contributed by atoms with Crippen LogP contribution in [-0.2, 0) is 26.0 Å². The number of urea groups is 1. The Labute approximate surface area is 392 Å². The van der Waals surface area contributed by atoms with Crippen LogP contribution in [0.5, 0.6) is 23.0 Å². The number of likely N-dealkylation sites (N-methyl/N-ethyl adjacent to an activating group) is 1. The first kappa shape index (κ1) is 49.5. The summed E-state index contributed by atoms with van der Waals surface area (Å²) in [4.78, 5) is 59.1. The first-order valence-electron chi connectivity index (χ1n) is 21.8. The lowest BCUT2D eigenvalue weighted by Gasteiger charge is -2.35. The van der Waals surface area contributed by atoms with Crippen LogP contribution in [0.15, 0.2) is 85.1 Å². The summed E-state index contributed by atoms with van der Waals surface area (Å²) in [7, 11) is 3.17. The van der Waals surface area contributed by atoms with E-state index < -0.39 is 29.0 Å². The minimum absolute atomic E-state index is 0.0610. The summed E-state index contributed by atoms with van der Waals surface area (Å²) in [5.41, 5.74) is 3.07. The van der Waals surface area contributed by atoms with Gasteiger partial charge in [-0.1, -0.05) is 45.0 Å². The van der Waals surface area contributed by atoms with Crippen molar-refractivity contribution in [2.45, 2.75) is 45.1 Å². The Balaban J connectivity index is 1.05. The summed E-state index contributed by atoms with van der Waals surface area (Å²) in [6, 6.07) is 22.2. The number of fused-ring (bicyclic) bond motifs is 1. The molecular formula is C48H59N9O9S. The molecule has 19 heteroatoms. The average Bonchev–Trinajstić information content (AvgIpc) is 3.29. The molecule has 2 atom stereocenters. The number of aromatic nitrogens is 1. The Kier molecular flexibility index (Phi) is 16.6. The van der Waals surface area contributed by atoms with Crippen molar-refractivity contribution in [1.29, 1.82) is 0 Å². The number of anilines is 5. The summed E-state index contributed by atoms with van der Waals surface area (Å²) in [6.07, 6.45) is 3.53. The highest BCUT2D eigenvalue weighted by molar-refractivity contribution is 7.85. The molecule has 1 aliphatic heterocycles. The van der Waals surface area contributed by atoms with Gasteiger partial charge in [-0.15, -0.1) is 0 Å². The number of carbonyl (C=O) groups is 4. The molecule has 18 nitrogen and oxygen atoms in total. The fraction of sp³-hybridized carbons (Fsp3) is 0.354. The van der Waals surface area contributed by atoms with Crippen LogP contribution in [0.25, 0.3) is 10.8 Å². The van der Waals surface area contributed by atoms with E-state index in [0.717, 1.165) is 16.3 Å². The normalized spacial score (nSPS) is 13.8. The van der Waals surface area contributed by atoms with Crippen molar-refractivity contribution >= 4 is 74.1 Å². The van der Waals surface area contributed by atoms with Crippen LogP contribution in [0.3, 0.4) is 0 Å². The smallest absolute Gasteiger partial charge is 0.323 e. The Morgan fingerprint density at radius 1 is 0.851 bits per heavy atom. The van der Waals surface area contributed by atoms with Gasteiger partial charge in [0, 0.05) is 86.7 Å². The molecule has 5 aromatic rings. The number of carbonyl (C=O) groups excluding carboxylic acids is 3. The van der Waals surface area contributed by atoms with Crippen molar-refractivity contribution in [2.75, 3.05) is 87.5 Å². The molecule has 0 spiro atoms. The van der Waals surface area contributed by atoms with E-state index in [1.165, 1.54) is 20.5 Å². The van der Waals surface area contributed by atoms with E-state index in [1.54, 1.807) is 60.6 Å². The zero-order chi connectivity index (χ0) is 48.3. The van der Waals surface area contributed by atoms with Crippen LogP contribution in [-0.4, -0.2) is 121 Å². The van der Waals surface area contributed by atoms with E-state index in [9.17, 15) is 28.5 Å². The number of hydrogen-bond donors (Lipinski definition) is 7. The summed E-state index contributed by atoms with van der Waals surface area (Å²) < 4.78 is 32.7. The van der Waals surface area contributed by atoms with Crippen molar-refractivity contribution in [3.63, 3.8) is 0 Å². The predicted molar refractivity (Wildman–Crippen MR) is 262 cm³/mol. The number of carboxylic acids is 1. The standard InChI is InChI=1S/C48H59N9O9S/c1-48(2,3)30-26-38(44(65-6)39(27-30)55-67(7)63)54-47(62)53-36-14-16-40(34-11-9-8-10-33(34)36)66-32-18-19-50-42(29-32)52-31-12-13-35(41(28-31)64-5)45(59)51-20-21-56-22-24-57(25-23-56)43(58)17-15-37(49-4)46(60)61/h8-14,16,18-19,26-29,37,49,55H,15,17,20-25H2,1-7H3,(H,50,52)(H,51,59)(H,60,61)(H2,53,54,62)/t37-,67?/m0/s1. The van der Waals surface area contributed by atoms with Gasteiger partial charge in [0.05, 0.1) is 36.8 Å². The second kappa shape index (κ2) is 22.5. The van der Waals surface area contributed by atoms with Gasteiger partial charge in [0.2, 0.25) is 5.91 Å². The number of hydrogen-bond acceptors (Lipinski definition) is 12. The lowest BCUT2D eigenvalue weighted by atomic mass is 9.86. The van der Waals surface area contributed by atoms with E-state index in [-0.39, 0.29) is 30.1 Å². The monoisotopic (exact) mass is 937 g/mol. The number of benzene rings is 4. The van der Waals surface area contributed by atoms with Gasteiger partial charge in [-0.3, -0.25) is 19.3 Å². The Bertz CT molecular complexity index is 2610. The largest absolute Gasteiger partial charge is 0.496 e. The lowest BCUT2D eigenvalue weighted by molar-refractivity contribution is -0.140. The van der Waals surface area contributed by atoms with Crippen molar-refractivity contribution in [1.82, 2.24) is 25.4 Å². The molecule has 0 bridgehead atoms. The van der Waals surface area contributed by atoms with Crippen molar-refractivity contribution in [2.24, 2.45) is 0 Å². The SMILES string of the molecule is CN[C@@H](CCC(=O)N1CCN(CCNC(=O)c2ccc(Nc3cc(Oc4ccc(NC(=O)Nc5cc(C(C)(C)C)cc(NS(C)=O)c5OC)c5ccccc45)ccn3)cc2OC)CC1)C(=O)O. The lowest BCUT2D eigenvalue weighted by Crippen LogP contribution is -2.50. The Morgan fingerprint density at radius 2 is 1.57 bits per heavy atom. The Morgan fingerprint density at radius 3 is 2.24 bits per heavy atom. The third-order valence-electron chi connectivity index (χ3n) is 11.2. The molecule has 1 saturated heterocycles. The molecule has 356 valence electrons. The molecule has 1 fully saturated rings. The molecule has 0 radical (unpaired) electrons. The van der Waals surface area contributed by atoms with Crippen LogP contribution in [0.2, 0.25) is 0 Å². The van der Waals surface area contributed by atoms with E-state index in [0.29, 0.717) is 96.4 Å². The number of amides is 4. The zero-order valence-corrected chi connectivity index (χ0v) is 39.6. The second-order valence-electron chi connectivity index (χ2n) is 16.9. The maximum absolute atomic E-state index is 13.6. The van der Waals surface area contributed by atoms with Crippen molar-refractivity contribution in [3.8, 4) is 23.0 Å². The minimum atomic E-state index is -1.38. The van der Waals surface area contributed by atoms with Crippen molar-refractivity contribution < 1.29 is 42.7 Å². The van der Waals surface area contributed by atoms with Gasteiger partial charge in [0.25, 0.3) is 5.91 Å². The zero-order valence-electron chi connectivity index (χ0n) is 38.8. The van der Waals surface area contributed by atoms with Gasteiger partial charge in [-0.25, -0.2) is 14.0 Å². The molecular weight excluding hydrogens is 879 g/mol. The maximum atomic E-state index is 13.6. The molecule has 67 heavy (non-hydrogen) atoms. The number of aliphatic carboxylic acids is 1. The molecule has 1 aliphatic rings. The van der Waals surface area contributed by atoms with Gasteiger partial charge < -0.3 is 55.5 Å². The van der Waals surface area contributed by atoms with Gasteiger partial charge in [-0.05, 0) is 66.9 Å². The number of carboxylic acid groups (broad SMARTS) is 1. The number of pyridine rings is 1. The number of nitrogens with one attached hydrogen (secondary N) is 6. The third-order valence-corrected chi connectivity index (χ3v) is 11.7. The molecule has 1 aromatic heterocycles. The second-order valence-corrected chi connectivity index (χ2v) is 18.0. The first-order valence-corrected chi connectivity index (χ1v) is 23.3. The van der Waals surface area contributed by atoms with Crippen LogP contribution < -0.4 is 45.5 Å². The molecule has 0 saturated carbocycles. The molecule has 4 aromatic carbocycles. The Hall–Kier alpha value is -6.96. The number of ether oxygens (including phenoxy) is 3. The molecule has 6 rings (SSSR count). The van der Waals surface area contributed by atoms with E-state index >= 15 is 0 Å². The van der Waals surface area contributed by atoms with Crippen LogP contribution in [0.1, 0.15) is 49.5 Å². The van der Waals surface area contributed by atoms with Gasteiger partial charge in [0.1, 0.15) is 40.1 Å². The molecule has 0 aliphatic carbocycles. The van der Waals surface area contributed by atoms with Crippen molar-refractivity contribution in [3.05, 3.63) is 96.2 Å². The predicted octanol–water partition coefficient (Wildman–Crippen LogP) is 6.76. The quantitative estimate of drug-likeness (QED) is 0.0455. The molecule has 1 unspecified atom stereocenters.